The fraction of sp³-hybridized carbons (Fsp3) is 0. The third-order valence-electron chi connectivity index (χ3n) is 2.55. The normalized spacial score (nSPS) is 11.1. The number of amides is 1. The van der Waals surface area contributed by atoms with Gasteiger partial charge >= 0.3 is 0 Å². The van der Waals surface area contributed by atoms with Crippen LogP contribution in [0.25, 0.3) is 0 Å². The van der Waals surface area contributed by atoms with Gasteiger partial charge in [0.15, 0.2) is 0 Å². The minimum atomic E-state index is -3.83. The fourth-order valence-corrected chi connectivity index (χ4v) is 2.93. The lowest BCUT2D eigenvalue weighted by Crippen LogP contribution is -2.16. The Balaban J connectivity index is 2.38. The van der Waals surface area contributed by atoms with Gasteiger partial charge in [0, 0.05) is 5.56 Å². The van der Waals surface area contributed by atoms with E-state index >= 15 is 0 Å². The quantitative estimate of drug-likeness (QED) is 0.907. The zero-order valence-electron chi connectivity index (χ0n) is 10.2. The summed E-state index contributed by atoms with van der Waals surface area (Å²) in [6, 6.07) is 11.9. The van der Waals surface area contributed by atoms with E-state index in [4.69, 9.17) is 17.3 Å². The Kier molecular flexibility index (Phi) is 3.96. The summed E-state index contributed by atoms with van der Waals surface area (Å²) in [4.78, 5) is 11.0. The van der Waals surface area contributed by atoms with E-state index in [0.717, 1.165) is 0 Å². The highest BCUT2D eigenvalue weighted by Gasteiger charge is 2.16. The van der Waals surface area contributed by atoms with Gasteiger partial charge in [0.25, 0.3) is 10.0 Å². The molecular formula is C13H11ClN2O3S. The van der Waals surface area contributed by atoms with Crippen molar-refractivity contribution in [1.82, 2.24) is 0 Å². The monoisotopic (exact) mass is 310 g/mol. The molecule has 0 unspecified atom stereocenters. The van der Waals surface area contributed by atoms with Gasteiger partial charge in [-0.15, -0.1) is 0 Å². The molecule has 0 bridgehead atoms. The molecule has 1 amide bonds. The highest BCUT2D eigenvalue weighted by molar-refractivity contribution is 7.92. The van der Waals surface area contributed by atoms with E-state index in [1.165, 1.54) is 30.3 Å². The topological polar surface area (TPSA) is 89.3 Å². The Morgan fingerprint density at radius 1 is 1.10 bits per heavy atom. The predicted molar refractivity (Wildman–Crippen MR) is 77.2 cm³/mol. The van der Waals surface area contributed by atoms with Crippen LogP contribution in [0.4, 0.5) is 5.69 Å². The molecule has 0 spiro atoms. The lowest BCUT2D eigenvalue weighted by Gasteiger charge is -2.09. The van der Waals surface area contributed by atoms with Gasteiger partial charge in [0.05, 0.1) is 15.6 Å². The number of carbonyl (C=O) groups excluding carboxylic acids is 1. The first-order valence-electron chi connectivity index (χ1n) is 5.57. The van der Waals surface area contributed by atoms with Crippen LogP contribution in [0, 0.1) is 0 Å². The van der Waals surface area contributed by atoms with E-state index < -0.39 is 15.9 Å². The summed E-state index contributed by atoms with van der Waals surface area (Å²) in [6.07, 6.45) is 0. The molecular weight excluding hydrogens is 300 g/mol. The average molecular weight is 311 g/mol. The Bertz CT molecular complexity index is 760. The van der Waals surface area contributed by atoms with Gasteiger partial charge in [-0.2, -0.15) is 0 Å². The summed E-state index contributed by atoms with van der Waals surface area (Å²) in [6.45, 7) is 0. The van der Waals surface area contributed by atoms with Crippen molar-refractivity contribution in [3.63, 3.8) is 0 Å². The molecule has 0 radical (unpaired) electrons. The van der Waals surface area contributed by atoms with Crippen LogP contribution in [0.15, 0.2) is 53.4 Å². The average Bonchev–Trinajstić information content (AvgIpc) is 2.41. The third kappa shape index (κ3) is 3.09. The molecule has 0 saturated carbocycles. The molecule has 3 N–H and O–H groups in total. The number of carbonyl (C=O) groups is 1. The Morgan fingerprint density at radius 3 is 2.45 bits per heavy atom. The van der Waals surface area contributed by atoms with E-state index in [-0.39, 0.29) is 21.2 Å². The molecule has 0 fully saturated rings. The van der Waals surface area contributed by atoms with Crippen LogP contribution in [0.3, 0.4) is 0 Å². The zero-order valence-corrected chi connectivity index (χ0v) is 11.8. The standard InChI is InChI=1S/C13H11ClN2O3S/c14-11-6-1-2-7-12(11)16-20(18,19)10-5-3-4-9(8-10)13(15)17/h1-8,16H,(H2,15,17). The van der Waals surface area contributed by atoms with Crippen molar-refractivity contribution in [2.45, 2.75) is 4.90 Å². The number of halogens is 1. The molecule has 0 saturated heterocycles. The third-order valence-corrected chi connectivity index (χ3v) is 4.24. The van der Waals surface area contributed by atoms with Crippen LogP contribution < -0.4 is 10.5 Å². The van der Waals surface area contributed by atoms with E-state index in [0.29, 0.717) is 0 Å². The Labute approximate surface area is 121 Å². The van der Waals surface area contributed by atoms with E-state index in [1.54, 1.807) is 18.2 Å². The number of hydrogen-bond donors (Lipinski definition) is 2. The van der Waals surface area contributed by atoms with Crippen LogP contribution in [-0.2, 0) is 10.0 Å². The van der Waals surface area contributed by atoms with E-state index in [9.17, 15) is 13.2 Å². The molecule has 0 aliphatic rings. The largest absolute Gasteiger partial charge is 0.366 e. The maximum absolute atomic E-state index is 12.2. The number of benzene rings is 2. The molecule has 104 valence electrons. The second-order valence-electron chi connectivity index (χ2n) is 3.98. The first-order valence-corrected chi connectivity index (χ1v) is 7.43. The van der Waals surface area contributed by atoms with E-state index in [2.05, 4.69) is 4.72 Å². The van der Waals surface area contributed by atoms with Gasteiger partial charge in [-0.3, -0.25) is 9.52 Å². The Morgan fingerprint density at radius 2 is 1.80 bits per heavy atom. The molecule has 2 aromatic rings. The highest BCUT2D eigenvalue weighted by atomic mass is 35.5. The number of para-hydroxylation sites is 1. The second-order valence-corrected chi connectivity index (χ2v) is 6.07. The summed E-state index contributed by atoms with van der Waals surface area (Å²) in [5.41, 5.74) is 5.51. The maximum Gasteiger partial charge on any atom is 0.261 e. The lowest BCUT2D eigenvalue weighted by molar-refractivity contribution is 0.1000. The van der Waals surface area contributed by atoms with Crippen molar-refractivity contribution >= 4 is 33.2 Å². The molecule has 0 atom stereocenters. The summed E-state index contributed by atoms with van der Waals surface area (Å²) in [5.74, 6) is -0.695. The lowest BCUT2D eigenvalue weighted by atomic mass is 10.2. The van der Waals surface area contributed by atoms with Crippen LogP contribution in [-0.4, -0.2) is 14.3 Å². The fourth-order valence-electron chi connectivity index (χ4n) is 1.56. The molecule has 2 rings (SSSR count). The molecule has 2 aromatic carbocycles. The minimum absolute atomic E-state index is 0.0614. The number of sulfonamides is 1. The first kappa shape index (κ1) is 14.4. The van der Waals surface area contributed by atoms with Gasteiger partial charge < -0.3 is 5.73 Å². The zero-order chi connectivity index (χ0) is 14.8. The van der Waals surface area contributed by atoms with Crippen molar-refractivity contribution in [3.8, 4) is 0 Å². The predicted octanol–water partition coefficient (Wildman–Crippen LogP) is 2.24. The molecule has 20 heavy (non-hydrogen) atoms. The molecule has 5 nitrogen and oxygen atoms in total. The molecule has 0 aliphatic carbocycles. The molecule has 0 aliphatic heterocycles. The minimum Gasteiger partial charge on any atom is -0.366 e. The molecule has 0 heterocycles. The van der Waals surface area contributed by atoms with Crippen molar-refractivity contribution in [3.05, 3.63) is 59.1 Å². The van der Waals surface area contributed by atoms with Crippen molar-refractivity contribution in [2.24, 2.45) is 5.73 Å². The maximum atomic E-state index is 12.2. The molecule has 0 aromatic heterocycles. The highest BCUT2D eigenvalue weighted by Crippen LogP contribution is 2.24. The van der Waals surface area contributed by atoms with Crippen molar-refractivity contribution < 1.29 is 13.2 Å². The van der Waals surface area contributed by atoms with Gasteiger partial charge in [-0.05, 0) is 30.3 Å². The summed E-state index contributed by atoms with van der Waals surface area (Å²) in [5, 5.41) is 0.280. The Hall–Kier alpha value is -2.05. The SMILES string of the molecule is NC(=O)c1cccc(S(=O)(=O)Nc2ccccc2Cl)c1. The van der Waals surface area contributed by atoms with Crippen molar-refractivity contribution in [2.75, 3.05) is 4.72 Å². The van der Waals surface area contributed by atoms with Crippen molar-refractivity contribution in [1.29, 1.82) is 0 Å². The molecule has 7 heteroatoms. The van der Waals surface area contributed by atoms with Gasteiger partial charge in [-0.1, -0.05) is 29.8 Å². The number of primary amides is 1. The van der Waals surface area contributed by atoms with Gasteiger partial charge in [0.2, 0.25) is 5.91 Å². The number of hydrogen-bond acceptors (Lipinski definition) is 3. The first-order chi connectivity index (χ1) is 9.40. The van der Waals surface area contributed by atoms with Crippen LogP contribution >= 0.6 is 11.6 Å². The van der Waals surface area contributed by atoms with Crippen LogP contribution in [0.1, 0.15) is 10.4 Å². The number of anilines is 1. The van der Waals surface area contributed by atoms with Gasteiger partial charge in [-0.25, -0.2) is 8.42 Å². The summed E-state index contributed by atoms with van der Waals surface area (Å²) >= 11 is 5.90. The smallest absolute Gasteiger partial charge is 0.261 e. The summed E-state index contributed by atoms with van der Waals surface area (Å²) in [7, 11) is -3.83. The van der Waals surface area contributed by atoms with Crippen LogP contribution in [0.2, 0.25) is 5.02 Å². The number of nitrogens with one attached hydrogen (secondary N) is 1. The van der Waals surface area contributed by atoms with Gasteiger partial charge in [0.1, 0.15) is 0 Å². The van der Waals surface area contributed by atoms with Crippen LogP contribution in [0.5, 0.6) is 0 Å². The number of rotatable bonds is 4. The van der Waals surface area contributed by atoms with E-state index in [1.807, 2.05) is 0 Å². The number of nitrogens with two attached hydrogens (primary N) is 1. The summed E-state index contributed by atoms with van der Waals surface area (Å²) < 4.78 is 26.8. The second kappa shape index (κ2) is 5.52.